The van der Waals surface area contributed by atoms with Crippen LogP contribution in [-0.2, 0) is 11.3 Å². The van der Waals surface area contributed by atoms with E-state index in [0.29, 0.717) is 6.61 Å². The van der Waals surface area contributed by atoms with Crippen molar-refractivity contribution in [1.82, 2.24) is 19.6 Å². The molecular weight excluding hydrogens is 278 g/mol. The summed E-state index contributed by atoms with van der Waals surface area (Å²) in [7, 11) is 2.04. The molecule has 114 valence electrons. The Hall–Kier alpha value is -2.47. The van der Waals surface area contributed by atoms with E-state index in [2.05, 4.69) is 32.2 Å². The van der Waals surface area contributed by atoms with E-state index in [-0.39, 0.29) is 0 Å². The smallest absolute Gasteiger partial charge is 0.180 e. The zero-order valence-corrected chi connectivity index (χ0v) is 12.6. The highest BCUT2D eigenvalue weighted by molar-refractivity contribution is 5.46. The maximum Gasteiger partial charge on any atom is 0.180 e. The molecule has 3 aromatic rings. The largest absolute Gasteiger partial charge is 0.377 e. The third kappa shape index (κ3) is 3.40. The van der Waals surface area contributed by atoms with E-state index in [1.54, 1.807) is 12.5 Å². The van der Waals surface area contributed by atoms with Crippen LogP contribution in [0.15, 0.2) is 49.1 Å². The first-order valence-electron chi connectivity index (χ1n) is 7.31. The van der Waals surface area contributed by atoms with Gasteiger partial charge in [-0.05, 0) is 12.0 Å². The van der Waals surface area contributed by atoms with Crippen molar-refractivity contribution in [1.29, 1.82) is 0 Å². The van der Waals surface area contributed by atoms with Gasteiger partial charge in [-0.15, -0.1) is 10.2 Å². The molecule has 0 bridgehead atoms. The Kier molecular flexibility index (Phi) is 4.60. The molecule has 1 aromatic carbocycles. The molecule has 0 amide bonds. The Labute approximate surface area is 129 Å². The van der Waals surface area contributed by atoms with Gasteiger partial charge in [0.15, 0.2) is 5.65 Å². The van der Waals surface area contributed by atoms with E-state index in [0.717, 1.165) is 31.0 Å². The molecule has 0 radical (unpaired) electrons. The highest BCUT2D eigenvalue weighted by atomic mass is 16.5. The van der Waals surface area contributed by atoms with Crippen molar-refractivity contribution < 1.29 is 4.74 Å². The van der Waals surface area contributed by atoms with Gasteiger partial charge in [0, 0.05) is 20.2 Å². The maximum atomic E-state index is 5.70. The minimum atomic E-state index is 0.660. The van der Waals surface area contributed by atoms with Crippen LogP contribution in [0.1, 0.15) is 12.0 Å². The van der Waals surface area contributed by atoms with Crippen molar-refractivity contribution in [2.24, 2.45) is 0 Å². The van der Waals surface area contributed by atoms with Gasteiger partial charge in [0.25, 0.3) is 0 Å². The summed E-state index contributed by atoms with van der Waals surface area (Å²) >= 11 is 0. The molecule has 0 aliphatic carbocycles. The van der Waals surface area contributed by atoms with Gasteiger partial charge in [-0.3, -0.25) is 9.38 Å². The minimum absolute atomic E-state index is 0.660. The van der Waals surface area contributed by atoms with Crippen molar-refractivity contribution in [3.05, 3.63) is 54.6 Å². The lowest BCUT2D eigenvalue weighted by atomic mass is 10.2. The first kappa shape index (κ1) is 14.5. The first-order valence-corrected chi connectivity index (χ1v) is 7.31. The molecule has 0 spiro atoms. The lowest BCUT2D eigenvalue weighted by molar-refractivity contribution is 0.119. The van der Waals surface area contributed by atoms with Gasteiger partial charge in [0.1, 0.15) is 12.1 Å². The van der Waals surface area contributed by atoms with Crippen LogP contribution in [-0.4, -0.2) is 39.8 Å². The van der Waals surface area contributed by atoms with E-state index in [1.807, 2.05) is 35.8 Å². The van der Waals surface area contributed by atoms with Crippen molar-refractivity contribution >= 4 is 11.5 Å². The topological polar surface area (TPSA) is 55.5 Å². The predicted molar refractivity (Wildman–Crippen MR) is 84.8 cm³/mol. The fourth-order valence-corrected chi connectivity index (χ4v) is 2.31. The zero-order chi connectivity index (χ0) is 15.2. The quantitative estimate of drug-likeness (QED) is 0.626. The Balaban J connectivity index is 1.46. The molecule has 0 saturated carbocycles. The highest BCUT2D eigenvalue weighted by Crippen LogP contribution is 2.12. The van der Waals surface area contributed by atoms with Crippen LogP contribution in [0.2, 0.25) is 0 Å². The Morgan fingerprint density at radius 1 is 1.18 bits per heavy atom. The molecule has 6 heteroatoms. The second kappa shape index (κ2) is 7.00. The summed E-state index contributed by atoms with van der Waals surface area (Å²) in [5, 5.41) is 7.91. The molecule has 6 nitrogen and oxygen atoms in total. The lowest BCUT2D eigenvalue weighted by Gasteiger charge is -2.19. The molecule has 0 N–H and O–H groups in total. The third-order valence-electron chi connectivity index (χ3n) is 3.49. The lowest BCUT2D eigenvalue weighted by Crippen LogP contribution is -2.22. The van der Waals surface area contributed by atoms with Crippen molar-refractivity contribution in [3.63, 3.8) is 0 Å². The van der Waals surface area contributed by atoms with E-state index in [1.165, 1.54) is 5.56 Å². The predicted octanol–water partition coefficient (Wildman–Crippen LogP) is 2.17. The van der Waals surface area contributed by atoms with Gasteiger partial charge < -0.3 is 9.64 Å². The molecule has 2 aromatic heterocycles. The van der Waals surface area contributed by atoms with Gasteiger partial charge in [0.2, 0.25) is 0 Å². The number of benzene rings is 1. The monoisotopic (exact) mass is 297 g/mol. The second-order valence-corrected chi connectivity index (χ2v) is 5.14. The average molecular weight is 297 g/mol. The Bertz CT molecular complexity index is 713. The number of anilines is 1. The van der Waals surface area contributed by atoms with Crippen LogP contribution < -0.4 is 4.90 Å². The van der Waals surface area contributed by atoms with Crippen LogP contribution in [0.5, 0.6) is 0 Å². The zero-order valence-electron chi connectivity index (χ0n) is 12.6. The van der Waals surface area contributed by atoms with Crippen LogP contribution in [0, 0.1) is 0 Å². The summed E-state index contributed by atoms with van der Waals surface area (Å²) in [4.78, 5) is 6.33. The summed E-state index contributed by atoms with van der Waals surface area (Å²) in [6.45, 7) is 2.27. The number of nitrogens with zero attached hydrogens (tertiary/aromatic N) is 5. The average Bonchev–Trinajstić information content (AvgIpc) is 3.04. The molecule has 0 unspecified atom stereocenters. The van der Waals surface area contributed by atoms with E-state index < -0.39 is 0 Å². The normalized spacial score (nSPS) is 11.0. The second-order valence-electron chi connectivity index (χ2n) is 5.14. The summed E-state index contributed by atoms with van der Waals surface area (Å²) in [6, 6.07) is 10.2. The molecule has 2 heterocycles. The molecule has 0 aliphatic heterocycles. The van der Waals surface area contributed by atoms with Crippen molar-refractivity contribution in [2.45, 2.75) is 13.0 Å². The summed E-state index contributed by atoms with van der Waals surface area (Å²) in [6.07, 6.45) is 6.17. The van der Waals surface area contributed by atoms with E-state index in [4.69, 9.17) is 4.74 Å². The fraction of sp³-hybridized carbons (Fsp3) is 0.312. The van der Waals surface area contributed by atoms with Gasteiger partial charge >= 0.3 is 0 Å². The van der Waals surface area contributed by atoms with E-state index in [9.17, 15) is 0 Å². The van der Waals surface area contributed by atoms with Crippen molar-refractivity contribution in [2.75, 3.05) is 25.1 Å². The number of aromatic nitrogens is 4. The van der Waals surface area contributed by atoms with Gasteiger partial charge in [-0.1, -0.05) is 30.3 Å². The van der Waals surface area contributed by atoms with Crippen LogP contribution >= 0.6 is 0 Å². The Morgan fingerprint density at radius 3 is 2.91 bits per heavy atom. The summed E-state index contributed by atoms with van der Waals surface area (Å²) < 4.78 is 7.63. The number of hydrogen-bond acceptors (Lipinski definition) is 5. The van der Waals surface area contributed by atoms with Gasteiger partial charge in [-0.2, -0.15) is 0 Å². The highest BCUT2D eigenvalue weighted by Gasteiger charge is 2.07. The molecule has 0 fully saturated rings. The van der Waals surface area contributed by atoms with Gasteiger partial charge in [0.05, 0.1) is 19.0 Å². The molecule has 22 heavy (non-hydrogen) atoms. The molecule has 0 saturated heterocycles. The number of ether oxygens (including phenoxy) is 1. The summed E-state index contributed by atoms with van der Waals surface area (Å²) in [5.74, 6) is 0.977. The number of fused-ring (bicyclic) bond motifs is 1. The molecule has 0 atom stereocenters. The maximum absolute atomic E-state index is 5.70. The van der Waals surface area contributed by atoms with Gasteiger partial charge in [-0.25, -0.2) is 0 Å². The van der Waals surface area contributed by atoms with Crippen LogP contribution in [0.3, 0.4) is 0 Å². The fourth-order valence-electron chi connectivity index (χ4n) is 2.31. The molecular formula is C16H19N5O. The Morgan fingerprint density at radius 2 is 2.05 bits per heavy atom. The first-order chi connectivity index (χ1) is 10.8. The number of hydrogen-bond donors (Lipinski definition) is 0. The molecule has 3 rings (SSSR count). The molecule has 0 aliphatic rings. The third-order valence-corrected chi connectivity index (χ3v) is 3.49. The number of rotatable bonds is 7. The standard InChI is InChI=1S/C16H19N5O/c1-20(16-11-17-10-15-19-18-13-21(15)16)8-5-9-22-12-14-6-3-2-4-7-14/h2-4,6-7,10-11,13H,5,8-9,12H2,1H3. The van der Waals surface area contributed by atoms with Crippen LogP contribution in [0.4, 0.5) is 5.82 Å². The van der Waals surface area contributed by atoms with Crippen LogP contribution in [0.25, 0.3) is 5.65 Å². The minimum Gasteiger partial charge on any atom is -0.377 e. The SMILES string of the molecule is CN(CCCOCc1ccccc1)c1cncc2nncn12. The summed E-state index contributed by atoms with van der Waals surface area (Å²) in [5.41, 5.74) is 1.96. The van der Waals surface area contributed by atoms with Crippen molar-refractivity contribution in [3.8, 4) is 0 Å². The van der Waals surface area contributed by atoms with E-state index >= 15 is 0 Å².